The van der Waals surface area contributed by atoms with E-state index in [0.29, 0.717) is 53.8 Å². The van der Waals surface area contributed by atoms with Crippen LogP contribution in [0.1, 0.15) is 30.0 Å². The molecule has 0 saturated carbocycles. The Bertz CT molecular complexity index is 1870. The van der Waals surface area contributed by atoms with Crippen LogP contribution in [0.5, 0.6) is 23.0 Å². The molecule has 1 aromatic heterocycles. The quantitative estimate of drug-likeness (QED) is 0.182. The van der Waals surface area contributed by atoms with Gasteiger partial charge in [-0.1, -0.05) is 23.7 Å². The largest absolute Gasteiger partial charge is 0.496 e. The number of aromatic nitrogens is 2. The molecular formula is C33H33ClF3N3O7. The summed E-state index contributed by atoms with van der Waals surface area (Å²) in [6, 6.07) is 11.7. The highest BCUT2D eigenvalue weighted by Crippen LogP contribution is 2.32. The lowest BCUT2D eigenvalue weighted by Crippen LogP contribution is -2.44. The second kappa shape index (κ2) is 14.8. The number of alkyl halides is 2. The van der Waals surface area contributed by atoms with E-state index < -0.39 is 48.3 Å². The molecule has 0 atom stereocenters. The van der Waals surface area contributed by atoms with Crippen molar-refractivity contribution in [3.63, 3.8) is 0 Å². The summed E-state index contributed by atoms with van der Waals surface area (Å²) in [5, 5.41) is 0.443. The van der Waals surface area contributed by atoms with Gasteiger partial charge in [-0.3, -0.25) is 18.7 Å². The van der Waals surface area contributed by atoms with Crippen LogP contribution in [-0.2, 0) is 17.9 Å². The number of amides is 1. The van der Waals surface area contributed by atoms with Gasteiger partial charge in [0, 0.05) is 35.8 Å². The van der Waals surface area contributed by atoms with E-state index in [0.717, 1.165) is 28.7 Å². The van der Waals surface area contributed by atoms with E-state index in [1.165, 1.54) is 18.8 Å². The van der Waals surface area contributed by atoms with Crippen LogP contribution in [0.15, 0.2) is 58.1 Å². The highest BCUT2D eigenvalue weighted by atomic mass is 35.5. The number of nitrogens with zero attached hydrogens (tertiary/aromatic N) is 3. The lowest BCUT2D eigenvalue weighted by molar-refractivity contribution is -0.119. The molecule has 1 amide bonds. The Balaban J connectivity index is 1.54. The smallest absolute Gasteiger partial charge is 0.332 e. The van der Waals surface area contributed by atoms with Gasteiger partial charge in [-0.05, 0) is 48.7 Å². The number of hydrogen-bond donors (Lipinski definition) is 0. The molecule has 14 heteroatoms. The maximum absolute atomic E-state index is 15.2. The first-order valence-electron chi connectivity index (χ1n) is 14.8. The normalized spacial score (nSPS) is 13.6. The molecule has 0 radical (unpaired) electrons. The Kier molecular flexibility index (Phi) is 10.6. The van der Waals surface area contributed by atoms with E-state index in [1.807, 2.05) is 0 Å². The predicted octanol–water partition coefficient (Wildman–Crippen LogP) is 5.08. The minimum atomic E-state index is -1.56. The minimum absolute atomic E-state index is 0.0154. The molecule has 1 aliphatic rings. The zero-order valence-electron chi connectivity index (χ0n) is 25.7. The van der Waals surface area contributed by atoms with Crippen molar-refractivity contribution >= 4 is 28.9 Å². The van der Waals surface area contributed by atoms with E-state index in [4.69, 9.17) is 30.5 Å². The Morgan fingerprint density at radius 1 is 0.936 bits per heavy atom. The molecule has 4 aromatic rings. The fraction of sp³-hybridized carbons (Fsp3) is 0.364. The summed E-state index contributed by atoms with van der Waals surface area (Å²) in [6.07, 6.45) is -0.0666. The van der Waals surface area contributed by atoms with Crippen molar-refractivity contribution in [2.24, 2.45) is 0 Å². The lowest BCUT2D eigenvalue weighted by atomic mass is 10.0. The summed E-state index contributed by atoms with van der Waals surface area (Å²) >= 11 is 6.06. The number of methoxy groups -OCH3 is 2. The van der Waals surface area contributed by atoms with Crippen molar-refractivity contribution < 1.29 is 36.9 Å². The van der Waals surface area contributed by atoms with Crippen LogP contribution in [0.25, 0.3) is 10.9 Å². The van der Waals surface area contributed by atoms with Crippen LogP contribution in [-0.4, -0.2) is 67.2 Å². The van der Waals surface area contributed by atoms with Gasteiger partial charge in [0.15, 0.2) is 29.2 Å². The number of ether oxygens (including phenoxy) is 4. The zero-order chi connectivity index (χ0) is 33.7. The summed E-state index contributed by atoms with van der Waals surface area (Å²) in [7, 11) is 2.98. The van der Waals surface area contributed by atoms with Crippen molar-refractivity contribution in [3.05, 3.63) is 91.3 Å². The van der Waals surface area contributed by atoms with Crippen LogP contribution < -0.4 is 30.2 Å². The van der Waals surface area contributed by atoms with Gasteiger partial charge < -0.3 is 23.8 Å². The first-order chi connectivity index (χ1) is 22.7. The van der Waals surface area contributed by atoms with Crippen LogP contribution in [0.3, 0.4) is 0 Å². The van der Waals surface area contributed by atoms with E-state index >= 15 is 4.39 Å². The average molecular weight is 676 g/mol. The molecule has 0 N–H and O–H groups in total. The third-order valence-electron chi connectivity index (χ3n) is 8.07. The van der Waals surface area contributed by atoms with Crippen molar-refractivity contribution in [2.75, 3.05) is 40.7 Å². The maximum atomic E-state index is 15.2. The highest BCUT2D eigenvalue weighted by Gasteiger charge is 2.26. The Morgan fingerprint density at radius 3 is 2.32 bits per heavy atom. The number of carbonyl (C=O) groups excluding carboxylic acids is 1. The van der Waals surface area contributed by atoms with Gasteiger partial charge in [-0.2, -0.15) is 0 Å². The summed E-state index contributed by atoms with van der Waals surface area (Å²) in [6.45, 7) is -1.74. The second-order valence-corrected chi connectivity index (χ2v) is 11.4. The number of hydrogen-bond acceptors (Lipinski definition) is 7. The summed E-state index contributed by atoms with van der Waals surface area (Å²) in [5.74, 6) is -0.201. The summed E-state index contributed by atoms with van der Waals surface area (Å²) < 4.78 is 66.1. The van der Waals surface area contributed by atoms with Gasteiger partial charge in [-0.25, -0.2) is 18.0 Å². The van der Waals surface area contributed by atoms with Crippen LogP contribution >= 0.6 is 11.6 Å². The van der Waals surface area contributed by atoms with Gasteiger partial charge in [0.2, 0.25) is 6.41 Å². The molecule has 5 rings (SSSR count). The molecule has 0 bridgehead atoms. The molecule has 1 fully saturated rings. The first-order valence-corrected chi connectivity index (χ1v) is 15.2. The zero-order valence-corrected chi connectivity index (χ0v) is 26.5. The third kappa shape index (κ3) is 7.19. The molecule has 1 saturated heterocycles. The third-order valence-corrected chi connectivity index (χ3v) is 8.31. The topological polar surface area (TPSA) is 101 Å². The number of carbonyl (C=O) groups is 1. The van der Waals surface area contributed by atoms with Crippen molar-refractivity contribution in [3.8, 4) is 23.0 Å². The number of halogens is 4. The molecule has 0 aliphatic carbocycles. The van der Waals surface area contributed by atoms with Crippen molar-refractivity contribution in [1.29, 1.82) is 0 Å². The number of likely N-dealkylation sites (tertiary alicyclic amines) is 1. The second-order valence-electron chi connectivity index (χ2n) is 11.0. The molecule has 47 heavy (non-hydrogen) atoms. The monoisotopic (exact) mass is 675 g/mol. The molecule has 2 heterocycles. The van der Waals surface area contributed by atoms with E-state index in [2.05, 4.69) is 0 Å². The highest BCUT2D eigenvalue weighted by molar-refractivity contribution is 6.30. The molecule has 1 aliphatic heterocycles. The standard InChI is InChI=1S/C33H33ClF3N3O7/c1-44-29-12-22(34)5-4-21(29)18-46-28-6-3-20(11-31(28)45-2)17-39-32(42)25-13-30(47-24(15-35)16-36)26(37)14-27(25)40(33(39)43)23-7-9-38(19-41)10-8-23/h3-6,11-14,19,23-24H,7-10,15-18H2,1-2H3. The predicted molar refractivity (Wildman–Crippen MR) is 169 cm³/mol. The van der Waals surface area contributed by atoms with Gasteiger partial charge in [0.25, 0.3) is 5.56 Å². The number of piperidine rings is 1. The molecule has 0 spiro atoms. The lowest BCUT2D eigenvalue weighted by Gasteiger charge is -2.31. The summed E-state index contributed by atoms with van der Waals surface area (Å²) in [4.78, 5) is 40.7. The van der Waals surface area contributed by atoms with Crippen molar-refractivity contribution in [1.82, 2.24) is 14.0 Å². The Labute approximate surface area is 272 Å². The number of benzene rings is 3. The van der Waals surface area contributed by atoms with Gasteiger partial charge in [0.05, 0.1) is 31.7 Å². The van der Waals surface area contributed by atoms with Crippen LogP contribution in [0.2, 0.25) is 5.02 Å². The first kappa shape index (κ1) is 33.7. The van der Waals surface area contributed by atoms with Crippen LogP contribution in [0, 0.1) is 5.82 Å². The van der Waals surface area contributed by atoms with Crippen LogP contribution in [0.4, 0.5) is 13.2 Å². The number of rotatable bonds is 13. The molecule has 0 unspecified atom stereocenters. The number of fused-ring (bicyclic) bond motifs is 1. The maximum Gasteiger partial charge on any atom is 0.332 e. The molecule has 3 aromatic carbocycles. The van der Waals surface area contributed by atoms with Crippen molar-refractivity contribution in [2.45, 2.75) is 38.1 Å². The molecule has 250 valence electrons. The SMILES string of the molecule is COc1cc(Cl)ccc1COc1ccc(Cn2c(=O)c3cc(OC(CF)CF)c(F)cc3n(C3CCN(C=O)CC3)c2=O)cc1OC. The molecular weight excluding hydrogens is 643 g/mol. The van der Waals surface area contributed by atoms with E-state index in [1.54, 1.807) is 41.3 Å². The Morgan fingerprint density at radius 2 is 1.66 bits per heavy atom. The van der Waals surface area contributed by atoms with Gasteiger partial charge in [0.1, 0.15) is 25.7 Å². The summed E-state index contributed by atoms with van der Waals surface area (Å²) in [5.41, 5.74) is -0.147. The Hall–Kier alpha value is -4.65. The van der Waals surface area contributed by atoms with E-state index in [9.17, 15) is 23.2 Å². The van der Waals surface area contributed by atoms with Gasteiger partial charge in [-0.15, -0.1) is 0 Å². The molecule has 10 nitrogen and oxygen atoms in total. The van der Waals surface area contributed by atoms with Gasteiger partial charge >= 0.3 is 5.69 Å². The fourth-order valence-corrected chi connectivity index (χ4v) is 5.76. The minimum Gasteiger partial charge on any atom is -0.496 e. The van der Waals surface area contributed by atoms with E-state index in [-0.39, 0.29) is 24.1 Å². The fourth-order valence-electron chi connectivity index (χ4n) is 5.60. The average Bonchev–Trinajstić information content (AvgIpc) is 3.09.